The van der Waals surface area contributed by atoms with Crippen LogP contribution in [-0.4, -0.2) is 27.3 Å². The Bertz CT molecular complexity index is 999. The van der Waals surface area contributed by atoms with E-state index in [0.717, 1.165) is 6.07 Å². The minimum absolute atomic E-state index is 0.0584. The third kappa shape index (κ3) is 3.58. The van der Waals surface area contributed by atoms with Crippen molar-refractivity contribution in [2.24, 2.45) is 0 Å². The molecule has 0 unspecified atom stereocenters. The fourth-order valence-corrected chi connectivity index (χ4v) is 3.10. The number of hydrogen-bond donors (Lipinski definition) is 2. The zero-order valence-electron chi connectivity index (χ0n) is 15.3. The number of carboxylic acid groups (broad SMARTS) is 1. The first-order valence-corrected chi connectivity index (χ1v) is 8.10. The molecule has 7 nitrogen and oxygen atoms in total. The summed E-state index contributed by atoms with van der Waals surface area (Å²) in [7, 11) is 0. The van der Waals surface area contributed by atoms with Crippen molar-refractivity contribution in [1.82, 2.24) is 4.57 Å². The lowest BCUT2D eigenvalue weighted by Gasteiger charge is -2.14. The average molecular weight is 371 g/mol. The van der Waals surface area contributed by atoms with E-state index in [1.807, 2.05) is 0 Å². The van der Waals surface area contributed by atoms with Crippen LogP contribution in [0, 0.1) is 31.0 Å². The fourth-order valence-electron chi connectivity index (χ4n) is 3.10. The van der Waals surface area contributed by atoms with Crippen molar-refractivity contribution in [3.05, 3.63) is 52.1 Å². The quantitative estimate of drug-likeness (QED) is 0.619. The Balaban J connectivity index is 2.54. The molecular formula is C19H18FN3O4. The van der Waals surface area contributed by atoms with Gasteiger partial charge in [0.05, 0.1) is 11.1 Å². The topological polar surface area (TPSA) is 112 Å². The number of rotatable bonds is 5. The second kappa shape index (κ2) is 7.41. The Morgan fingerprint density at radius 2 is 1.89 bits per heavy atom. The van der Waals surface area contributed by atoms with Crippen LogP contribution in [0.2, 0.25) is 0 Å². The smallest absolute Gasteiger partial charge is 0.378 e. The second-order valence-corrected chi connectivity index (χ2v) is 6.29. The molecule has 0 aliphatic heterocycles. The minimum atomic E-state index is -1.61. The molecular weight excluding hydrogens is 353 g/mol. The van der Waals surface area contributed by atoms with E-state index < -0.39 is 23.5 Å². The number of nitrogens with one attached hydrogen (secondary N) is 1. The molecule has 0 saturated heterocycles. The van der Waals surface area contributed by atoms with Gasteiger partial charge in [-0.25, -0.2) is 9.18 Å². The lowest BCUT2D eigenvalue weighted by molar-refractivity contribution is -0.131. The number of ketones is 1. The number of benzene rings is 1. The highest BCUT2D eigenvalue weighted by Gasteiger charge is 2.30. The lowest BCUT2D eigenvalue weighted by Crippen LogP contribution is -2.20. The number of nitrogens with zero attached hydrogens (tertiary/aromatic N) is 2. The molecule has 0 bridgehead atoms. The number of carboxylic acids is 1. The van der Waals surface area contributed by atoms with Crippen LogP contribution in [0.1, 0.15) is 57.6 Å². The van der Waals surface area contributed by atoms with Crippen molar-refractivity contribution in [2.45, 2.75) is 33.7 Å². The zero-order valence-corrected chi connectivity index (χ0v) is 15.3. The van der Waals surface area contributed by atoms with Crippen LogP contribution >= 0.6 is 0 Å². The Labute approximate surface area is 155 Å². The largest absolute Gasteiger partial charge is 0.475 e. The number of halogens is 1. The van der Waals surface area contributed by atoms with E-state index in [9.17, 15) is 18.8 Å². The van der Waals surface area contributed by atoms with Crippen LogP contribution < -0.4 is 5.32 Å². The van der Waals surface area contributed by atoms with E-state index in [1.165, 1.54) is 23.6 Å². The van der Waals surface area contributed by atoms with Crippen molar-refractivity contribution >= 4 is 23.3 Å². The zero-order chi connectivity index (χ0) is 20.5. The molecule has 0 fully saturated rings. The van der Waals surface area contributed by atoms with Crippen LogP contribution in [-0.2, 0) is 4.79 Å². The number of anilines is 1. The summed E-state index contributed by atoms with van der Waals surface area (Å²) in [6.45, 7) is 6.66. The molecule has 0 radical (unpaired) electrons. The summed E-state index contributed by atoms with van der Waals surface area (Å²) in [4.78, 5) is 36.1. The molecule has 2 N–H and O–H groups in total. The van der Waals surface area contributed by atoms with Crippen LogP contribution in [0.3, 0.4) is 0 Å². The average Bonchev–Trinajstić information content (AvgIpc) is 2.86. The maximum atomic E-state index is 13.4. The van der Waals surface area contributed by atoms with Crippen molar-refractivity contribution in [3.8, 4) is 6.07 Å². The summed E-state index contributed by atoms with van der Waals surface area (Å²) in [5, 5.41) is 20.6. The maximum absolute atomic E-state index is 13.4. The van der Waals surface area contributed by atoms with Gasteiger partial charge in [0.25, 0.3) is 11.7 Å². The molecule has 2 aromatic rings. The molecule has 0 atom stereocenters. The summed E-state index contributed by atoms with van der Waals surface area (Å²) in [6, 6.07) is 5.00. The molecule has 0 aliphatic carbocycles. The molecule has 2 rings (SSSR count). The van der Waals surface area contributed by atoms with E-state index in [2.05, 4.69) is 5.32 Å². The number of Topliss-reactive ketones (excluding diaryl/α,β-unsaturated/α-hetero) is 1. The third-order valence-corrected chi connectivity index (χ3v) is 4.19. The molecule has 8 heteroatoms. The molecule has 1 aromatic carbocycles. The fraction of sp³-hybridized carbons (Fsp3) is 0.263. The highest BCUT2D eigenvalue weighted by molar-refractivity contribution is 6.40. The van der Waals surface area contributed by atoms with Gasteiger partial charge in [-0.15, -0.1) is 0 Å². The van der Waals surface area contributed by atoms with Crippen LogP contribution in [0.15, 0.2) is 18.2 Å². The first kappa shape index (κ1) is 19.8. The molecule has 1 amide bonds. The van der Waals surface area contributed by atoms with Gasteiger partial charge in [0, 0.05) is 17.4 Å². The molecule has 27 heavy (non-hydrogen) atoms. The van der Waals surface area contributed by atoms with Crippen molar-refractivity contribution in [1.29, 1.82) is 5.26 Å². The van der Waals surface area contributed by atoms with Crippen LogP contribution in [0.5, 0.6) is 0 Å². The molecule has 1 heterocycles. The standard InChI is InChI=1S/C19H18FN3O4/c1-9(2)23-11(4)15(10(3)16(23)17(24)19(26)27)18(25)22-13-5-6-14(20)12(7-13)8-21/h5-7,9H,1-4H3,(H,22,25)(H,26,27). The Kier molecular flexibility index (Phi) is 5.45. The van der Waals surface area contributed by atoms with E-state index in [-0.39, 0.29) is 34.1 Å². The van der Waals surface area contributed by atoms with Gasteiger partial charge in [0.1, 0.15) is 17.6 Å². The first-order chi connectivity index (χ1) is 12.6. The first-order valence-electron chi connectivity index (χ1n) is 8.10. The Hall–Kier alpha value is -3.47. The number of aromatic nitrogens is 1. The van der Waals surface area contributed by atoms with Crippen molar-refractivity contribution in [3.63, 3.8) is 0 Å². The summed E-state index contributed by atoms with van der Waals surface area (Å²) in [6.07, 6.45) is 0. The number of aliphatic carboxylic acids is 1. The molecule has 0 aliphatic rings. The van der Waals surface area contributed by atoms with Gasteiger partial charge in [-0.05, 0) is 51.5 Å². The second-order valence-electron chi connectivity index (χ2n) is 6.29. The number of nitriles is 1. The van der Waals surface area contributed by atoms with Gasteiger partial charge in [0.15, 0.2) is 0 Å². The van der Waals surface area contributed by atoms with Crippen molar-refractivity contribution < 1.29 is 23.9 Å². The van der Waals surface area contributed by atoms with Gasteiger partial charge < -0.3 is 15.0 Å². The highest BCUT2D eigenvalue weighted by atomic mass is 19.1. The van der Waals surface area contributed by atoms with Gasteiger partial charge >= 0.3 is 5.97 Å². The maximum Gasteiger partial charge on any atom is 0.378 e. The van der Waals surface area contributed by atoms with E-state index in [4.69, 9.17) is 10.4 Å². The Morgan fingerprint density at radius 1 is 1.26 bits per heavy atom. The molecule has 0 saturated carbocycles. The van der Waals surface area contributed by atoms with Crippen molar-refractivity contribution in [2.75, 3.05) is 5.32 Å². The Morgan fingerprint density at radius 3 is 2.41 bits per heavy atom. The predicted octanol–water partition coefficient (Wildman–Crippen LogP) is 3.22. The number of carbonyl (C=O) groups excluding carboxylic acids is 2. The van der Waals surface area contributed by atoms with E-state index in [1.54, 1.807) is 26.8 Å². The summed E-state index contributed by atoms with van der Waals surface area (Å²) >= 11 is 0. The normalized spacial score (nSPS) is 10.6. The van der Waals surface area contributed by atoms with Gasteiger partial charge in [-0.1, -0.05) is 0 Å². The van der Waals surface area contributed by atoms with Crippen LogP contribution in [0.25, 0.3) is 0 Å². The molecule has 1 aromatic heterocycles. The lowest BCUT2D eigenvalue weighted by atomic mass is 10.1. The van der Waals surface area contributed by atoms with Crippen LogP contribution in [0.4, 0.5) is 10.1 Å². The summed E-state index contributed by atoms with van der Waals surface area (Å²) < 4.78 is 14.9. The highest BCUT2D eigenvalue weighted by Crippen LogP contribution is 2.27. The number of amides is 1. The predicted molar refractivity (Wildman–Crippen MR) is 95.3 cm³/mol. The SMILES string of the molecule is Cc1c(C(=O)Nc2ccc(F)c(C#N)c2)c(C)n(C(C)C)c1C(=O)C(=O)O. The molecule has 0 spiro atoms. The summed E-state index contributed by atoms with van der Waals surface area (Å²) in [5.41, 5.74) is 0.775. The number of hydrogen-bond acceptors (Lipinski definition) is 4. The van der Waals surface area contributed by atoms with E-state index in [0.29, 0.717) is 5.69 Å². The van der Waals surface area contributed by atoms with Gasteiger partial charge in [-0.2, -0.15) is 5.26 Å². The molecule has 140 valence electrons. The third-order valence-electron chi connectivity index (χ3n) is 4.19. The number of carbonyl (C=O) groups is 3. The summed E-state index contributed by atoms with van der Waals surface area (Å²) in [5.74, 6) is -4.00. The van der Waals surface area contributed by atoms with Gasteiger partial charge in [0.2, 0.25) is 0 Å². The van der Waals surface area contributed by atoms with E-state index >= 15 is 0 Å². The minimum Gasteiger partial charge on any atom is -0.475 e. The van der Waals surface area contributed by atoms with Gasteiger partial charge in [-0.3, -0.25) is 9.59 Å². The monoisotopic (exact) mass is 371 g/mol.